The second-order valence-electron chi connectivity index (χ2n) is 11.2. The van der Waals surface area contributed by atoms with Gasteiger partial charge in [-0.25, -0.2) is 9.67 Å². The van der Waals surface area contributed by atoms with E-state index in [2.05, 4.69) is 15.3 Å². The van der Waals surface area contributed by atoms with Gasteiger partial charge in [0.1, 0.15) is 30.0 Å². The summed E-state index contributed by atoms with van der Waals surface area (Å²) in [6.07, 6.45) is -1.14. The number of nitrogens with zero attached hydrogens (tertiary/aromatic N) is 5. The summed E-state index contributed by atoms with van der Waals surface area (Å²) in [4.78, 5) is 20.5. The molecular weight excluding hydrogens is 629 g/mol. The standard InChI is InChI=1S/C30H33Cl2N5O6S/c1-15-33-20-8-7-16(9-25(20)44-15)21-13-36(35-34-21)26-27(40)24(14-38)43-29(28(26)42-2)30(41)37(22-5-3-4-6-23(22)39)19-11-17(31)10-18(32)12-19/h7-13,22-24,26-29,38-40H,3-6,14H2,1-2H3/t22-,23-,24?,26?,27?,28?,29?/m0/s1. The molecule has 1 amide bonds. The van der Waals surface area contributed by atoms with Crippen molar-refractivity contribution in [1.29, 1.82) is 0 Å². The lowest BCUT2D eigenvalue weighted by molar-refractivity contribution is -0.211. The van der Waals surface area contributed by atoms with Crippen molar-refractivity contribution in [3.05, 3.63) is 57.6 Å². The van der Waals surface area contributed by atoms with Gasteiger partial charge in [0, 0.05) is 28.4 Å². The maximum atomic E-state index is 14.5. The molecule has 0 spiro atoms. The Balaban J connectivity index is 1.37. The van der Waals surface area contributed by atoms with Crippen molar-refractivity contribution in [3.63, 3.8) is 0 Å². The van der Waals surface area contributed by atoms with Crippen molar-refractivity contribution in [1.82, 2.24) is 20.0 Å². The summed E-state index contributed by atoms with van der Waals surface area (Å²) >= 11 is 14.3. The van der Waals surface area contributed by atoms with Gasteiger partial charge in [-0.05, 0) is 50.1 Å². The number of aryl methyl sites for hydroxylation is 1. The van der Waals surface area contributed by atoms with Crippen LogP contribution in [0, 0.1) is 6.92 Å². The van der Waals surface area contributed by atoms with Crippen molar-refractivity contribution < 1.29 is 29.6 Å². The number of carbonyl (C=O) groups excluding carboxylic acids is 1. The second-order valence-corrected chi connectivity index (χ2v) is 13.3. The van der Waals surface area contributed by atoms with Crippen LogP contribution in [0.3, 0.4) is 0 Å². The molecule has 1 aliphatic carbocycles. The van der Waals surface area contributed by atoms with Gasteiger partial charge in [0.25, 0.3) is 5.91 Å². The van der Waals surface area contributed by atoms with Crippen molar-refractivity contribution in [2.45, 2.75) is 75.2 Å². The highest BCUT2D eigenvalue weighted by molar-refractivity contribution is 7.18. The van der Waals surface area contributed by atoms with Crippen LogP contribution in [0.25, 0.3) is 21.5 Å². The number of fused-ring (bicyclic) bond motifs is 1. The summed E-state index contributed by atoms with van der Waals surface area (Å²) in [5.41, 5.74) is 2.65. The Morgan fingerprint density at radius 1 is 1.16 bits per heavy atom. The number of anilines is 1. The van der Waals surface area contributed by atoms with E-state index in [4.69, 9.17) is 32.7 Å². The average molecular weight is 663 g/mol. The van der Waals surface area contributed by atoms with Crippen LogP contribution in [0.2, 0.25) is 10.0 Å². The molecule has 2 aliphatic rings. The first kappa shape index (κ1) is 31.3. The summed E-state index contributed by atoms with van der Waals surface area (Å²) in [5, 5.41) is 42.9. The third-order valence-electron chi connectivity index (χ3n) is 8.38. The first-order valence-electron chi connectivity index (χ1n) is 14.4. The molecule has 14 heteroatoms. The zero-order valence-electron chi connectivity index (χ0n) is 24.1. The number of halogens is 2. The lowest BCUT2D eigenvalue weighted by Gasteiger charge is -2.46. The maximum Gasteiger partial charge on any atom is 0.259 e. The molecule has 2 aromatic heterocycles. The fourth-order valence-electron chi connectivity index (χ4n) is 6.30. The highest BCUT2D eigenvalue weighted by Gasteiger charge is 2.52. The van der Waals surface area contributed by atoms with Gasteiger partial charge >= 0.3 is 0 Å². The van der Waals surface area contributed by atoms with E-state index < -0.39 is 55.1 Å². The monoisotopic (exact) mass is 661 g/mol. The van der Waals surface area contributed by atoms with Crippen molar-refractivity contribution in [2.24, 2.45) is 0 Å². The number of ether oxygens (including phenoxy) is 2. The molecule has 7 atom stereocenters. The SMILES string of the molecule is COC1C(C(=O)N(c2cc(Cl)cc(Cl)c2)[C@H]2CCCC[C@@H]2O)OC(CO)C(O)C1n1cc(-c2ccc3nc(C)sc3c2)nn1. The third-order valence-corrected chi connectivity index (χ3v) is 9.75. The minimum atomic E-state index is -1.29. The summed E-state index contributed by atoms with van der Waals surface area (Å²) in [5.74, 6) is -0.525. The van der Waals surface area contributed by atoms with Gasteiger partial charge in [-0.2, -0.15) is 0 Å². The Morgan fingerprint density at radius 3 is 2.61 bits per heavy atom. The van der Waals surface area contributed by atoms with Gasteiger partial charge in [0.2, 0.25) is 0 Å². The van der Waals surface area contributed by atoms with Crippen LogP contribution in [0.4, 0.5) is 5.69 Å². The van der Waals surface area contributed by atoms with E-state index in [0.717, 1.165) is 33.6 Å². The quantitative estimate of drug-likeness (QED) is 0.266. The molecular formula is C30H33Cl2N5O6S. The second kappa shape index (κ2) is 13.0. The number of carbonyl (C=O) groups is 1. The van der Waals surface area contributed by atoms with Crippen LogP contribution in [0.1, 0.15) is 36.7 Å². The van der Waals surface area contributed by atoms with Gasteiger partial charge in [-0.1, -0.05) is 47.3 Å². The Morgan fingerprint density at radius 2 is 1.91 bits per heavy atom. The predicted molar refractivity (Wildman–Crippen MR) is 167 cm³/mol. The number of thiazole rings is 1. The van der Waals surface area contributed by atoms with Crippen LogP contribution in [0.15, 0.2) is 42.6 Å². The molecule has 2 aromatic carbocycles. The van der Waals surface area contributed by atoms with Gasteiger partial charge in [-0.15, -0.1) is 16.4 Å². The van der Waals surface area contributed by atoms with E-state index in [0.29, 0.717) is 34.3 Å². The van der Waals surface area contributed by atoms with E-state index in [9.17, 15) is 20.1 Å². The number of hydrogen-bond acceptors (Lipinski definition) is 10. The molecule has 44 heavy (non-hydrogen) atoms. The van der Waals surface area contributed by atoms with Crippen LogP contribution < -0.4 is 4.90 Å². The van der Waals surface area contributed by atoms with Crippen LogP contribution in [0.5, 0.6) is 0 Å². The van der Waals surface area contributed by atoms with Crippen LogP contribution in [-0.2, 0) is 14.3 Å². The van der Waals surface area contributed by atoms with E-state index in [1.807, 2.05) is 25.1 Å². The zero-order chi connectivity index (χ0) is 31.1. The number of amides is 1. The fourth-order valence-corrected chi connectivity index (χ4v) is 7.68. The Labute approximate surface area is 267 Å². The Kier molecular flexibility index (Phi) is 9.23. The maximum absolute atomic E-state index is 14.5. The van der Waals surface area contributed by atoms with E-state index in [1.165, 1.54) is 16.7 Å². The molecule has 0 bridgehead atoms. The number of hydrogen-bond donors (Lipinski definition) is 3. The van der Waals surface area contributed by atoms with Gasteiger partial charge < -0.3 is 29.7 Å². The molecule has 6 rings (SSSR count). The van der Waals surface area contributed by atoms with Crippen molar-refractivity contribution in [3.8, 4) is 11.3 Å². The van der Waals surface area contributed by atoms with Gasteiger partial charge in [0.15, 0.2) is 6.10 Å². The summed E-state index contributed by atoms with van der Waals surface area (Å²) in [6.45, 7) is 1.39. The highest BCUT2D eigenvalue weighted by Crippen LogP contribution is 2.38. The number of rotatable bonds is 7. The van der Waals surface area contributed by atoms with Crippen molar-refractivity contribution in [2.75, 3.05) is 18.6 Å². The molecule has 2 fully saturated rings. The predicted octanol–water partition coefficient (Wildman–Crippen LogP) is 4.18. The highest BCUT2D eigenvalue weighted by atomic mass is 35.5. The van der Waals surface area contributed by atoms with Gasteiger partial charge in [0.05, 0.1) is 40.2 Å². The molecule has 3 heterocycles. The normalized spacial score (nSPS) is 27.5. The Hall–Kier alpha value is -2.68. The first-order chi connectivity index (χ1) is 21.2. The molecule has 3 N–H and O–H groups in total. The van der Waals surface area contributed by atoms with E-state index in [1.54, 1.807) is 35.7 Å². The lowest BCUT2D eigenvalue weighted by atomic mass is 9.88. The molecule has 1 saturated heterocycles. The van der Waals surface area contributed by atoms with Crippen LogP contribution in [-0.4, -0.2) is 91.5 Å². The first-order valence-corrected chi connectivity index (χ1v) is 16.0. The topological polar surface area (TPSA) is 143 Å². The fraction of sp³-hybridized carbons (Fsp3) is 0.467. The minimum absolute atomic E-state index is 0.326. The third kappa shape index (κ3) is 5.97. The number of aliphatic hydroxyl groups is 3. The molecule has 0 radical (unpaired) electrons. The zero-order valence-corrected chi connectivity index (χ0v) is 26.4. The number of benzene rings is 2. The molecule has 1 saturated carbocycles. The Bertz CT molecular complexity index is 1630. The number of aromatic nitrogens is 4. The molecule has 11 nitrogen and oxygen atoms in total. The largest absolute Gasteiger partial charge is 0.394 e. The minimum Gasteiger partial charge on any atom is -0.394 e. The lowest BCUT2D eigenvalue weighted by Crippen LogP contribution is -2.63. The summed E-state index contributed by atoms with van der Waals surface area (Å²) < 4.78 is 14.4. The van der Waals surface area contributed by atoms with E-state index in [-0.39, 0.29) is 0 Å². The molecule has 1 aliphatic heterocycles. The van der Waals surface area contributed by atoms with Crippen molar-refractivity contribution >= 4 is 56.3 Å². The van der Waals surface area contributed by atoms with E-state index >= 15 is 0 Å². The van der Waals surface area contributed by atoms with Crippen LogP contribution >= 0.6 is 34.5 Å². The smallest absolute Gasteiger partial charge is 0.259 e. The van der Waals surface area contributed by atoms with Gasteiger partial charge in [-0.3, -0.25) is 4.79 Å². The summed E-state index contributed by atoms with van der Waals surface area (Å²) in [6, 6.07) is 9.05. The molecule has 4 aromatic rings. The molecule has 234 valence electrons. The number of methoxy groups -OCH3 is 1. The number of aliphatic hydroxyl groups excluding tert-OH is 3. The summed E-state index contributed by atoms with van der Waals surface area (Å²) in [7, 11) is 1.42. The average Bonchev–Trinajstić information content (AvgIpc) is 3.63. The molecule has 5 unspecified atom stereocenters.